The molecule has 0 aliphatic carbocycles. The fourth-order valence-corrected chi connectivity index (χ4v) is 9.47. The van der Waals surface area contributed by atoms with E-state index in [1.165, 1.54) is 229 Å². The van der Waals surface area contributed by atoms with Crippen LogP contribution in [-0.4, -0.2) is 0 Å². The predicted octanol–water partition coefficient (Wildman–Crippen LogP) is 13.4. The number of halogens is 1. The molecule has 0 bridgehead atoms. The van der Waals surface area contributed by atoms with Crippen LogP contribution in [0.3, 0.4) is 0 Å². The Labute approximate surface area is 318 Å². The van der Waals surface area contributed by atoms with E-state index in [-0.39, 0.29) is 21.2 Å². The third kappa shape index (κ3) is 27.5. The molecule has 0 spiro atoms. The van der Waals surface area contributed by atoms with Crippen molar-refractivity contribution in [3.63, 3.8) is 0 Å². The van der Waals surface area contributed by atoms with Gasteiger partial charge in [-0.25, -0.2) is 0 Å². The van der Waals surface area contributed by atoms with Crippen LogP contribution in [0.2, 0.25) is 0 Å². The molecule has 0 aliphatic rings. The minimum atomic E-state index is -0.0687. The second kappa shape index (κ2) is 34.3. The van der Waals surface area contributed by atoms with E-state index in [1.807, 2.05) is 0 Å². The van der Waals surface area contributed by atoms with Crippen LogP contribution in [0.5, 0.6) is 0 Å². The first-order valence-corrected chi connectivity index (χ1v) is 24.3. The van der Waals surface area contributed by atoms with Crippen LogP contribution >= 0.6 is 0 Å². The Balaban J connectivity index is 1.38. The van der Waals surface area contributed by atoms with E-state index in [2.05, 4.69) is 62.4 Å². The molecular formula is C48H82I+. The second-order valence-electron chi connectivity index (χ2n) is 15.5. The van der Waals surface area contributed by atoms with Gasteiger partial charge in [-0.3, -0.25) is 0 Å². The summed E-state index contributed by atoms with van der Waals surface area (Å²) in [6, 6.07) is 19.3. The molecule has 49 heavy (non-hydrogen) atoms. The van der Waals surface area contributed by atoms with Crippen LogP contribution in [0, 0.1) is 7.14 Å². The maximum absolute atomic E-state index is 2.42. The monoisotopic (exact) mass is 786 g/mol. The molecule has 0 unspecified atom stereocenters. The lowest BCUT2D eigenvalue weighted by atomic mass is 10.0. The molecule has 0 amide bonds. The highest BCUT2D eigenvalue weighted by atomic mass is 127. The Morgan fingerprint density at radius 1 is 0.265 bits per heavy atom. The zero-order valence-corrected chi connectivity index (χ0v) is 35.2. The molecule has 0 saturated heterocycles. The molecule has 0 saturated carbocycles. The van der Waals surface area contributed by atoms with Gasteiger partial charge in [0.1, 0.15) is 0 Å². The van der Waals surface area contributed by atoms with Crippen molar-refractivity contribution in [3.8, 4) is 0 Å². The van der Waals surface area contributed by atoms with Gasteiger partial charge < -0.3 is 0 Å². The Hall–Kier alpha value is -0.830. The molecule has 0 heterocycles. The van der Waals surface area contributed by atoms with E-state index >= 15 is 0 Å². The summed E-state index contributed by atoms with van der Waals surface area (Å²) >= 11 is -0.0687. The zero-order valence-electron chi connectivity index (χ0n) is 33.0. The van der Waals surface area contributed by atoms with Gasteiger partial charge in [0.15, 0.2) is 7.14 Å². The van der Waals surface area contributed by atoms with Crippen LogP contribution < -0.4 is 21.2 Å². The smallest absolute Gasteiger partial charge is 0.0654 e. The number of aryl methyl sites for hydroxylation is 2. The molecule has 0 N–H and O–H groups in total. The van der Waals surface area contributed by atoms with Crippen molar-refractivity contribution in [1.82, 2.24) is 0 Å². The van der Waals surface area contributed by atoms with Gasteiger partial charge in [-0.05, 0) is 61.1 Å². The fourth-order valence-electron chi connectivity index (χ4n) is 7.31. The van der Waals surface area contributed by atoms with Crippen LogP contribution in [0.1, 0.15) is 230 Å². The summed E-state index contributed by atoms with van der Waals surface area (Å²) in [7, 11) is 0. The first-order chi connectivity index (χ1) is 24.3. The molecule has 0 aliphatic heterocycles. The van der Waals surface area contributed by atoms with E-state index < -0.39 is 0 Å². The number of hydrogen-bond acceptors (Lipinski definition) is 0. The molecule has 0 nitrogen and oxygen atoms in total. The van der Waals surface area contributed by atoms with Crippen molar-refractivity contribution >= 4 is 0 Å². The van der Waals surface area contributed by atoms with Crippen LogP contribution in [0.15, 0.2) is 48.5 Å². The van der Waals surface area contributed by atoms with Gasteiger partial charge in [0, 0.05) is 0 Å². The van der Waals surface area contributed by atoms with Crippen molar-refractivity contribution in [2.24, 2.45) is 0 Å². The molecule has 0 radical (unpaired) electrons. The number of unbranched alkanes of at least 4 members (excludes halogenated alkanes) is 30. The molecule has 2 aromatic carbocycles. The quantitative estimate of drug-likeness (QED) is 0.0477. The first kappa shape index (κ1) is 44.3. The minimum absolute atomic E-state index is 0.0687. The zero-order chi connectivity index (χ0) is 34.7. The topological polar surface area (TPSA) is 0 Å². The van der Waals surface area contributed by atoms with Gasteiger partial charge >= 0.3 is 21.2 Å². The van der Waals surface area contributed by atoms with Crippen molar-refractivity contribution in [3.05, 3.63) is 66.8 Å². The molecule has 2 aromatic rings. The maximum atomic E-state index is 2.42. The van der Waals surface area contributed by atoms with Gasteiger partial charge in [0.25, 0.3) is 0 Å². The normalized spacial score (nSPS) is 11.5. The summed E-state index contributed by atoms with van der Waals surface area (Å²) in [5.74, 6) is 0. The second-order valence-corrected chi connectivity index (χ2v) is 18.5. The lowest BCUT2D eigenvalue weighted by molar-refractivity contribution is -0.597. The first-order valence-electron chi connectivity index (χ1n) is 22.1. The Morgan fingerprint density at radius 3 is 0.694 bits per heavy atom. The van der Waals surface area contributed by atoms with E-state index in [4.69, 9.17) is 0 Å². The average molecular weight is 786 g/mol. The molecule has 280 valence electrons. The number of hydrogen-bond donors (Lipinski definition) is 0. The lowest BCUT2D eigenvalue weighted by Gasteiger charge is -2.04. The van der Waals surface area contributed by atoms with Crippen LogP contribution in [0.25, 0.3) is 0 Å². The van der Waals surface area contributed by atoms with Crippen LogP contribution in [-0.2, 0) is 12.8 Å². The summed E-state index contributed by atoms with van der Waals surface area (Å²) < 4.78 is 3.11. The Morgan fingerprint density at radius 2 is 0.469 bits per heavy atom. The number of benzene rings is 2. The third-order valence-electron chi connectivity index (χ3n) is 10.7. The highest BCUT2D eigenvalue weighted by Gasteiger charge is 2.15. The summed E-state index contributed by atoms with van der Waals surface area (Å²) in [6.07, 6.45) is 48.7. The standard InChI is InChI=1S/C48H82I/c1-3-5-7-9-11-13-15-17-19-21-23-25-27-29-31-33-35-45-37-41-47(42-38-45)49-48-43-39-46(40-44-48)36-34-32-30-28-26-24-22-20-18-16-14-12-10-8-6-4-2/h37-44H,3-36H2,1-2H3/q+1. The maximum Gasteiger partial charge on any atom is 0.357 e. The minimum Gasteiger partial charge on any atom is -0.0654 e. The van der Waals surface area contributed by atoms with Gasteiger partial charge in [0.2, 0.25) is 0 Å². The van der Waals surface area contributed by atoms with Crippen molar-refractivity contribution in [1.29, 1.82) is 0 Å². The SMILES string of the molecule is CCCCCCCCCCCCCCCCCCc1ccc([I+]c2ccc(CCCCCCCCCCCCCCCCCC)cc2)cc1. The highest BCUT2D eigenvalue weighted by molar-refractivity contribution is 5.16. The molecule has 0 fully saturated rings. The summed E-state index contributed by atoms with van der Waals surface area (Å²) in [4.78, 5) is 0. The van der Waals surface area contributed by atoms with Crippen molar-refractivity contribution in [2.45, 2.75) is 232 Å². The number of rotatable bonds is 36. The van der Waals surface area contributed by atoms with Crippen molar-refractivity contribution < 1.29 is 21.2 Å². The van der Waals surface area contributed by atoms with Gasteiger partial charge in [0.05, 0.1) is 0 Å². The largest absolute Gasteiger partial charge is 0.357 e. The summed E-state index contributed by atoms with van der Waals surface area (Å²) in [5.41, 5.74) is 3.07. The average Bonchev–Trinajstić information content (AvgIpc) is 3.12. The Kier molecular flexibility index (Phi) is 31.0. The summed E-state index contributed by atoms with van der Waals surface area (Å²) in [5, 5.41) is 0. The van der Waals surface area contributed by atoms with Gasteiger partial charge in [-0.1, -0.05) is 231 Å². The predicted molar refractivity (Wildman–Crippen MR) is 217 cm³/mol. The Bertz CT molecular complexity index is 851. The van der Waals surface area contributed by atoms with Gasteiger partial charge in [-0.15, -0.1) is 0 Å². The lowest BCUT2D eigenvalue weighted by Crippen LogP contribution is -3.61. The van der Waals surface area contributed by atoms with E-state index in [1.54, 1.807) is 7.14 Å². The molecular weight excluding hydrogens is 703 g/mol. The van der Waals surface area contributed by atoms with E-state index in [0.29, 0.717) is 0 Å². The fraction of sp³-hybridized carbons (Fsp3) is 0.750. The van der Waals surface area contributed by atoms with E-state index in [9.17, 15) is 0 Å². The molecule has 0 aromatic heterocycles. The molecule has 2 rings (SSSR count). The van der Waals surface area contributed by atoms with Crippen LogP contribution in [0.4, 0.5) is 0 Å². The molecule has 0 atom stereocenters. The van der Waals surface area contributed by atoms with Crippen molar-refractivity contribution in [2.75, 3.05) is 0 Å². The highest BCUT2D eigenvalue weighted by Crippen LogP contribution is 2.16. The third-order valence-corrected chi connectivity index (χ3v) is 13.4. The molecule has 1 heteroatoms. The van der Waals surface area contributed by atoms with Gasteiger partial charge in [-0.2, -0.15) is 0 Å². The van der Waals surface area contributed by atoms with E-state index in [0.717, 1.165) is 0 Å². The summed E-state index contributed by atoms with van der Waals surface area (Å²) in [6.45, 7) is 4.61.